The highest BCUT2D eigenvalue weighted by molar-refractivity contribution is 6.30. The van der Waals surface area contributed by atoms with Gasteiger partial charge >= 0.3 is 0 Å². The van der Waals surface area contributed by atoms with Gasteiger partial charge in [-0.25, -0.2) is 0 Å². The molecule has 8 rings (SSSR count). The normalized spacial score (nSPS) is 40.1. The fourth-order valence-electron chi connectivity index (χ4n) is 8.84. The number of aliphatic hydroxyl groups excluding tert-OH is 6. The van der Waals surface area contributed by atoms with Crippen molar-refractivity contribution in [2.75, 3.05) is 6.61 Å². The predicted molar refractivity (Wildman–Crippen MR) is 173 cm³/mol. The molecule has 284 valence electrons. The van der Waals surface area contributed by atoms with Crippen molar-refractivity contribution in [1.82, 2.24) is 0 Å². The molecule has 2 aromatic carbocycles. The van der Waals surface area contributed by atoms with E-state index in [0.29, 0.717) is 0 Å². The van der Waals surface area contributed by atoms with Crippen molar-refractivity contribution in [1.29, 1.82) is 0 Å². The standard InChI is InChI=1S/C36H38O17/c1-9-19-22(25(40)11(3)48-9)28(43)23-21(27(19)42)15(39)7-17-32(23)52-34-14-5-13(38)6-16(50-35-31(46)30(45)26(41)18(8-37)51-35)20(14)29(44)24-10(2)49-12(4)33(47)36(24,34)53-17/h5-7,9-12,18,24-26,30-31,33-35,37-41,45-47H,8H2,1-4H3/t9-,10-,11-,12-,18-,24-,25-,26-,30+,31-,33-,34-,35+,36-/m1/s1. The van der Waals surface area contributed by atoms with Crippen LogP contribution in [0.5, 0.6) is 28.7 Å². The van der Waals surface area contributed by atoms with Crippen LogP contribution < -0.4 is 14.2 Å². The molecular weight excluding hydrogens is 704 g/mol. The third-order valence-electron chi connectivity index (χ3n) is 11.3. The number of phenols is 2. The van der Waals surface area contributed by atoms with Gasteiger partial charge in [0.2, 0.25) is 6.29 Å². The van der Waals surface area contributed by atoms with Crippen LogP contribution in [0.2, 0.25) is 0 Å². The lowest BCUT2D eigenvalue weighted by Crippen LogP contribution is -2.72. The summed E-state index contributed by atoms with van der Waals surface area (Å²) in [6, 6.07) is 3.21. The first-order valence-electron chi connectivity index (χ1n) is 17.2. The Morgan fingerprint density at radius 2 is 1.47 bits per heavy atom. The van der Waals surface area contributed by atoms with E-state index in [1.54, 1.807) is 6.92 Å². The smallest absolute Gasteiger partial charge is 0.229 e. The van der Waals surface area contributed by atoms with E-state index in [0.717, 1.165) is 18.2 Å². The second-order valence-electron chi connectivity index (χ2n) is 14.4. The second-order valence-corrected chi connectivity index (χ2v) is 14.4. The van der Waals surface area contributed by atoms with Gasteiger partial charge in [0.25, 0.3) is 0 Å². The molecule has 1 spiro atoms. The number of hydrogen-bond acceptors (Lipinski definition) is 17. The van der Waals surface area contributed by atoms with E-state index in [4.69, 9.17) is 28.4 Å². The van der Waals surface area contributed by atoms with E-state index in [-0.39, 0.29) is 39.5 Å². The van der Waals surface area contributed by atoms with Crippen molar-refractivity contribution < 1.29 is 83.7 Å². The van der Waals surface area contributed by atoms with E-state index < -0.39 is 132 Å². The molecule has 4 aliphatic heterocycles. The number of hydrogen-bond donors (Lipinski definition) is 8. The summed E-state index contributed by atoms with van der Waals surface area (Å²) < 4.78 is 36.2. The molecule has 2 aliphatic carbocycles. The van der Waals surface area contributed by atoms with Crippen LogP contribution in [0.15, 0.2) is 29.3 Å². The molecule has 0 saturated carbocycles. The zero-order valence-electron chi connectivity index (χ0n) is 28.7. The van der Waals surface area contributed by atoms with Gasteiger partial charge in [-0.1, -0.05) is 0 Å². The zero-order valence-corrected chi connectivity index (χ0v) is 28.7. The van der Waals surface area contributed by atoms with Gasteiger partial charge < -0.3 is 69.3 Å². The molecule has 2 aromatic rings. The molecular formula is C36H38O17. The van der Waals surface area contributed by atoms with Crippen LogP contribution in [0.4, 0.5) is 0 Å². The topological polar surface area (TPSA) is 268 Å². The Labute approximate surface area is 300 Å². The van der Waals surface area contributed by atoms with Crippen LogP contribution in [0.3, 0.4) is 0 Å². The highest BCUT2D eigenvalue weighted by atomic mass is 16.7. The number of ether oxygens (including phenoxy) is 6. The van der Waals surface area contributed by atoms with Crippen LogP contribution in [0.25, 0.3) is 0 Å². The molecule has 0 radical (unpaired) electrons. The lowest BCUT2D eigenvalue weighted by atomic mass is 9.62. The van der Waals surface area contributed by atoms with Crippen LogP contribution in [0, 0.1) is 5.92 Å². The third-order valence-corrected chi connectivity index (χ3v) is 11.3. The number of phenolic OH excluding ortho intramolecular Hbond substituents is 2. The Hall–Kier alpha value is -4.17. The highest BCUT2D eigenvalue weighted by Gasteiger charge is 2.69. The molecule has 2 fully saturated rings. The number of carbonyl (C=O) groups is 3. The summed E-state index contributed by atoms with van der Waals surface area (Å²) in [7, 11) is 0. The maximum Gasteiger partial charge on any atom is 0.229 e. The molecule has 53 heavy (non-hydrogen) atoms. The minimum absolute atomic E-state index is 0.124. The number of aliphatic hydroxyl groups is 6. The minimum atomic E-state index is -2.05. The van der Waals surface area contributed by atoms with Gasteiger partial charge in [-0.3, -0.25) is 14.4 Å². The number of aromatic hydroxyl groups is 2. The summed E-state index contributed by atoms with van der Waals surface area (Å²) in [4.78, 5) is 43.0. The largest absolute Gasteiger partial charge is 0.508 e. The van der Waals surface area contributed by atoms with E-state index >= 15 is 0 Å². The van der Waals surface area contributed by atoms with Gasteiger partial charge in [-0.15, -0.1) is 0 Å². The second kappa shape index (κ2) is 12.2. The Kier molecular flexibility index (Phi) is 8.23. The number of Topliss-reactive ketones (excluding diaryl/α,β-unsaturated/α-hetero) is 3. The summed E-state index contributed by atoms with van der Waals surface area (Å²) in [5.74, 6) is -6.00. The Balaban J connectivity index is 1.32. The van der Waals surface area contributed by atoms with Crippen LogP contribution >= 0.6 is 0 Å². The SMILES string of the molecule is C[C@H]1O[C@H](C)[C@@H](O)C2=C1C(=O)c1c(O)cc3c(c1C2=O)O[C@@H]1c2cc(O)cc(O[C@H]4O[C@H](CO)[C@@H](O)[C@H](O)[C@H]4O)c2C(=O)[C@H]2[C@@H](C)O[C@H](C)[C@@H](O)[C@@]12O3. The number of rotatable bonds is 3. The van der Waals surface area contributed by atoms with Crippen molar-refractivity contribution in [2.45, 2.75) is 107 Å². The summed E-state index contributed by atoms with van der Waals surface area (Å²) in [5, 5.41) is 86.3. The van der Waals surface area contributed by atoms with E-state index in [1.807, 2.05) is 0 Å². The fourth-order valence-corrected chi connectivity index (χ4v) is 8.84. The molecule has 8 N–H and O–H groups in total. The lowest BCUT2D eigenvalue weighted by Gasteiger charge is -2.58. The Morgan fingerprint density at radius 3 is 2.17 bits per heavy atom. The summed E-state index contributed by atoms with van der Waals surface area (Å²) in [6.45, 7) is 5.38. The first-order chi connectivity index (χ1) is 25.0. The molecule has 0 amide bonds. The predicted octanol–water partition coefficient (Wildman–Crippen LogP) is -0.648. The maximum atomic E-state index is 14.7. The summed E-state index contributed by atoms with van der Waals surface area (Å²) >= 11 is 0. The molecule has 2 saturated heterocycles. The minimum Gasteiger partial charge on any atom is -0.508 e. The molecule has 0 aromatic heterocycles. The summed E-state index contributed by atoms with van der Waals surface area (Å²) in [6.07, 6.45) is -17.1. The quantitative estimate of drug-likeness (QED) is 0.194. The van der Waals surface area contributed by atoms with Gasteiger partial charge in [-0.2, -0.15) is 0 Å². The average Bonchev–Trinajstić information content (AvgIpc) is 3.10. The summed E-state index contributed by atoms with van der Waals surface area (Å²) in [5.41, 5.74) is -3.68. The Bertz CT molecular complexity index is 1970. The third kappa shape index (κ3) is 4.79. The monoisotopic (exact) mass is 742 g/mol. The van der Waals surface area contributed by atoms with Gasteiger partial charge in [0.05, 0.1) is 53.6 Å². The maximum absolute atomic E-state index is 14.7. The van der Waals surface area contributed by atoms with Crippen molar-refractivity contribution >= 4 is 17.3 Å². The molecule has 17 nitrogen and oxygen atoms in total. The van der Waals surface area contributed by atoms with Crippen molar-refractivity contribution in [3.63, 3.8) is 0 Å². The Morgan fingerprint density at radius 1 is 0.774 bits per heavy atom. The number of fused-ring (bicyclic) bond motifs is 5. The number of benzene rings is 2. The van der Waals surface area contributed by atoms with Crippen LogP contribution in [-0.4, -0.2) is 138 Å². The van der Waals surface area contributed by atoms with E-state index in [2.05, 4.69) is 0 Å². The van der Waals surface area contributed by atoms with Crippen molar-refractivity contribution in [3.8, 4) is 28.7 Å². The fraction of sp³-hybridized carbons (Fsp3) is 0.528. The molecule has 17 heteroatoms. The van der Waals surface area contributed by atoms with Gasteiger partial charge in [-0.05, 0) is 33.8 Å². The van der Waals surface area contributed by atoms with Crippen molar-refractivity contribution in [3.05, 3.63) is 51.6 Å². The highest BCUT2D eigenvalue weighted by Crippen LogP contribution is 2.61. The zero-order chi connectivity index (χ0) is 38.2. The molecule has 4 heterocycles. The molecule has 6 aliphatic rings. The molecule has 0 unspecified atom stereocenters. The average molecular weight is 743 g/mol. The first-order valence-corrected chi connectivity index (χ1v) is 17.2. The van der Waals surface area contributed by atoms with Gasteiger partial charge in [0.15, 0.2) is 40.6 Å². The van der Waals surface area contributed by atoms with Gasteiger partial charge in [0.1, 0.15) is 53.9 Å². The number of ketones is 3. The van der Waals surface area contributed by atoms with Gasteiger partial charge in [0, 0.05) is 28.8 Å². The first kappa shape index (κ1) is 35.8. The lowest BCUT2D eigenvalue weighted by molar-refractivity contribution is -0.277. The van der Waals surface area contributed by atoms with Crippen molar-refractivity contribution in [2.24, 2.45) is 5.92 Å². The molecule has 0 bridgehead atoms. The van der Waals surface area contributed by atoms with E-state index in [1.165, 1.54) is 20.8 Å². The van der Waals surface area contributed by atoms with Crippen LogP contribution in [0.1, 0.15) is 70.4 Å². The van der Waals surface area contributed by atoms with Crippen LogP contribution in [-0.2, 0) is 14.2 Å². The molecule has 14 atom stereocenters. The number of carbonyl (C=O) groups excluding carboxylic acids is 3. The van der Waals surface area contributed by atoms with E-state index in [9.17, 15) is 55.2 Å².